The monoisotopic (exact) mass is 494 g/mol. The molecule has 6 nitrogen and oxygen atoms in total. The SMILES string of the molecule is C[C@H]1C[C@@]2(CCN1Cc1cnn(CCCC3(C#N)CC3)c1)OC[C@@H](O)c1cc(C(F)(F)F)sc12. The van der Waals surface area contributed by atoms with Crippen molar-refractivity contribution >= 4 is 11.3 Å². The van der Waals surface area contributed by atoms with Crippen LogP contribution in [-0.4, -0.2) is 39.0 Å². The van der Waals surface area contributed by atoms with E-state index in [1.165, 1.54) is 0 Å². The number of aromatic nitrogens is 2. The lowest BCUT2D eigenvalue weighted by atomic mass is 9.81. The van der Waals surface area contributed by atoms with Crippen molar-refractivity contribution in [3.8, 4) is 6.07 Å². The molecule has 184 valence electrons. The summed E-state index contributed by atoms with van der Waals surface area (Å²) in [6, 6.07) is 3.63. The van der Waals surface area contributed by atoms with Gasteiger partial charge < -0.3 is 9.84 Å². The molecule has 2 fully saturated rings. The molecule has 0 aromatic carbocycles. The van der Waals surface area contributed by atoms with E-state index in [0.29, 0.717) is 47.7 Å². The van der Waals surface area contributed by atoms with Crippen LogP contribution in [0.5, 0.6) is 0 Å². The number of rotatable bonds is 6. The van der Waals surface area contributed by atoms with E-state index in [0.717, 1.165) is 43.9 Å². The van der Waals surface area contributed by atoms with Crippen molar-refractivity contribution in [2.75, 3.05) is 13.2 Å². The zero-order valence-corrected chi connectivity index (χ0v) is 20.0. The van der Waals surface area contributed by atoms with Crippen LogP contribution in [0.2, 0.25) is 0 Å². The predicted molar refractivity (Wildman–Crippen MR) is 120 cm³/mol. The Hall–Kier alpha value is -1.93. The second kappa shape index (κ2) is 8.63. The van der Waals surface area contributed by atoms with Crippen LogP contribution in [0.4, 0.5) is 13.2 Å². The van der Waals surface area contributed by atoms with Crippen molar-refractivity contribution in [2.45, 2.75) is 82.5 Å². The summed E-state index contributed by atoms with van der Waals surface area (Å²) in [6.07, 6.45) is 3.50. The van der Waals surface area contributed by atoms with E-state index in [9.17, 15) is 23.5 Å². The topological polar surface area (TPSA) is 74.3 Å². The zero-order chi connectivity index (χ0) is 24.1. The highest BCUT2D eigenvalue weighted by molar-refractivity contribution is 7.12. The second-order valence-corrected chi connectivity index (χ2v) is 11.1. The molecule has 10 heteroatoms. The lowest BCUT2D eigenvalue weighted by Crippen LogP contribution is -2.50. The summed E-state index contributed by atoms with van der Waals surface area (Å²) in [6.45, 7) is 4.29. The van der Waals surface area contributed by atoms with Crippen LogP contribution < -0.4 is 0 Å². The molecular weight excluding hydrogens is 465 g/mol. The molecule has 2 aliphatic heterocycles. The molecule has 0 bridgehead atoms. The predicted octanol–water partition coefficient (Wildman–Crippen LogP) is 4.99. The lowest BCUT2D eigenvalue weighted by Gasteiger charge is -2.47. The fraction of sp³-hybridized carbons (Fsp3) is 0.667. The summed E-state index contributed by atoms with van der Waals surface area (Å²) < 4.78 is 48.1. The molecule has 3 atom stereocenters. The molecule has 1 saturated heterocycles. The summed E-state index contributed by atoms with van der Waals surface area (Å²) in [7, 11) is 0. The first kappa shape index (κ1) is 23.8. The molecule has 1 N–H and O–H groups in total. The molecule has 1 saturated carbocycles. The summed E-state index contributed by atoms with van der Waals surface area (Å²) in [4.78, 5) is 2.17. The minimum absolute atomic E-state index is 0.0214. The number of hydrogen-bond donors (Lipinski definition) is 1. The third-order valence-electron chi connectivity index (χ3n) is 7.59. The highest BCUT2D eigenvalue weighted by Crippen LogP contribution is 2.52. The van der Waals surface area contributed by atoms with Crippen LogP contribution >= 0.6 is 11.3 Å². The molecule has 2 aromatic heterocycles. The summed E-state index contributed by atoms with van der Waals surface area (Å²) in [5, 5.41) is 24.0. The van der Waals surface area contributed by atoms with Crippen LogP contribution in [0.15, 0.2) is 18.5 Å². The Bertz CT molecular complexity index is 1090. The second-order valence-electron chi connectivity index (χ2n) is 10.1. The Morgan fingerprint density at radius 2 is 2.15 bits per heavy atom. The third kappa shape index (κ3) is 4.51. The van der Waals surface area contributed by atoms with Gasteiger partial charge in [0.15, 0.2) is 0 Å². The van der Waals surface area contributed by atoms with E-state index in [4.69, 9.17) is 4.74 Å². The van der Waals surface area contributed by atoms with Gasteiger partial charge in [0, 0.05) is 47.9 Å². The Morgan fingerprint density at radius 1 is 1.35 bits per heavy atom. The molecule has 0 unspecified atom stereocenters. The number of nitriles is 1. The van der Waals surface area contributed by atoms with Gasteiger partial charge in [-0.1, -0.05) is 0 Å². The number of aryl methyl sites for hydroxylation is 1. The standard InChI is InChI=1S/C24H29F3N4O2S/c1-16-10-23(21-18(19(32)14-33-23)9-20(34-21)24(25,26)27)6-8-30(16)12-17-11-29-31(13-17)7-2-3-22(15-28)4-5-22/h9,11,13,16,19,32H,2-8,10,12,14H2,1H3/t16-,19+,23+/m0/s1. The van der Waals surface area contributed by atoms with Gasteiger partial charge >= 0.3 is 6.18 Å². The van der Waals surface area contributed by atoms with Gasteiger partial charge in [0.05, 0.1) is 24.3 Å². The Kier molecular flexibility index (Phi) is 6.04. The Morgan fingerprint density at radius 3 is 2.82 bits per heavy atom. The molecule has 0 amide bonds. The van der Waals surface area contributed by atoms with Crippen LogP contribution in [0, 0.1) is 16.7 Å². The van der Waals surface area contributed by atoms with Crippen molar-refractivity contribution in [1.82, 2.24) is 14.7 Å². The molecule has 3 aliphatic rings. The van der Waals surface area contributed by atoms with Crippen molar-refractivity contribution < 1.29 is 23.0 Å². The van der Waals surface area contributed by atoms with Gasteiger partial charge in [-0.3, -0.25) is 9.58 Å². The van der Waals surface area contributed by atoms with E-state index >= 15 is 0 Å². The van der Waals surface area contributed by atoms with Gasteiger partial charge in [-0.2, -0.15) is 23.5 Å². The first-order valence-electron chi connectivity index (χ1n) is 11.8. The van der Waals surface area contributed by atoms with E-state index in [1.54, 1.807) is 0 Å². The maximum Gasteiger partial charge on any atom is 0.425 e. The molecule has 0 radical (unpaired) electrons. The van der Waals surface area contributed by atoms with E-state index in [1.807, 2.05) is 17.1 Å². The van der Waals surface area contributed by atoms with Crippen molar-refractivity contribution in [3.63, 3.8) is 0 Å². The molecule has 1 spiro atoms. The molecule has 1 aliphatic carbocycles. The third-order valence-corrected chi connectivity index (χ3v) is 8.97. The number of thiophene rings is 1. The Labute approximate surface area is 200 Å². The Balaban J connectivity index is 1.22. The van der Waals surface area contributed by atoms with Gasteiger partial charge in [-0.15, -0.1) is 11.3 Å². The molecule has 5 rings (SSSR count). The highest BCUT2D eigenvalue weighted by atomic mass is 32.1. The lowest BCUT2D eigenvalue weighted by molar-refractivity contribution is -0.139. The average Bonchev–Trinajstić information content (AvgIpc) is 3.18. The van der Waals surface area contributed by atoms with Gasteiger partial charge in [0.25, 0.3) is 0 Å². The first-order chi connectivity index (χ1) is 16.1. The van der Waals surface area contributed by atoms with Crippen molar-refractivity contribution in [2.24, 2.45) is 5.41 Å². The smallest absolute Gasteiger partial charge is 0.386 e. The molecule has 2 aromatic rings. The van der Waals surface area contributed by atoms with E-state index < -0.39 is 22.8 Å². The van der Waals surface area contributed by atoms with Gasteiger partial charge in [0.2, 0.25) is 0 Å². The number of piperidine rings is 1. The normalized spacial score (nSPS) is 28.6. The van der Waals surface area contributed by atoms with Gasteiger partial charge in [-0.25, -0.2) is 0 Å². The van der Waals surface area contributed by atoms with Crippen LogP contribution in [0.25, 0.3) is 0 Å². The molecular formula is C24H29F3N4O2S. The maximum absolute atomic E-state index is 13.4. The molecule has 4 heterocycles. The highest BCUT2D eigenvalue weighted by Gasteiger charge is 2.48. The number of fused-ring (bicyclic) bond motifs is 2. The first-order valence-corrected chi connectivity index (χ1v) is 12.6. The zero-order valence-electron chi connectivity index (χ0n) is 19.1. The van der Waals surface area contributed by atoms with Crippen LogP contribution in [-0.2, 0) is 29.6 Å². The van der Waals surface area contributed by atoms with E-state index in [-0.39, 0.29) is 18.1 Å². The minimum Gasteiger partial charge on any atom is -0.386 e. The largest absolute Gasteiger partial charge is 0.425 e. The van der Waals surface area contributed by atoms with Crippen molar-refractivity contribution in [1.29, 1.82) is 5.26 Å². The number of hydrogen-bond acceptors (Lipinski definition) is 6. The number of aliphatic hydroxyl groups excluding tert-OH is 1. The summed E-state index contributed by atoms with van der Waals surface area (Å²) in [5.41, 5.74) is 0.605. The molecule has 34 heavy (non-hydrogen) atoms. The minimum atomic E-state index is -4.43. The quantitative estimate of drug-likeness (QED) is 0.612. The maximum atomic E-state index is 13.4. The summed E-state index contributed by atoms with van der Waals surface area (Å²) >= 11 is 0.715. The van der Waals surface area contributed by atoms with Crippen LogP contribution in [0.1, 0.15) is 72.4 Å². The average molecular weight is 495 g/mol. The number of halogens is 3. The number of alkyl halides is 3. The van der Waals surface area contributed by atoms with Crippen LogP contribution in [0.3, 0.4) is 0 Å². The van der Waals surface area contributed by atoms with E-state index in [2.05, 4.69) is 23.0 Å². The number of nitrogens with zero attached hydrogens (tertiary/aromatic N) is 4. The van der Waals surface area contributed by atoms with Crippen molar-refractivity contribution in [3.05, 3.63) is 39.3 Å². The number of aliphatic hydroxyl groups is 1. The van der Waals surface area contributed by atoms with Gasteiger partial charge in [-0.05, 0) is 51.5 Å². The fourth-order valence-electron chi connectivity index (χ4n) is 5.36. The summed E-state index contributed by atoms with van der Waals surface area (Å²) in [5.74, 6) is 0. The van der Waals surface area contributed by atoms with Gasteiger partial charge in [0.1, 0.15) is 16.6 Å². The fourth-order valence-corrected chi connectivity index (χ4v) is 6.62. The number of ether oxygens (including phenoxy) is 1. The number of likely N-dealkylation sites (tertiary alicyclic amines) is 1.